The minimum Gasteiger partial charge on any atom is -0.384 e. The molecule has 0 fully saturated rings. The summed E-state index contributed by atoms with van der Waals surface area (Å²) in [6.45, 7) is 4.91. The van der Waals surface area contributed by atoms with Crippen LogP contribution in [0.25, 0.3) is 0 Å². The first-order valence-electron chi connectivity index (χ1n) is 5.78. The lowest BCUT2D eigenvalue weighted by Gasteiger charge is -2.07. The second-order valence-corrected chi connectivity index (χ2v) is 3.83. The second kappa shape index (κ2) is 8.11. The van der Waals surface area contributed by atoms with Crippen molar-refractivity contribution in [3.8, 4) is 0 Å². The lowest BCUT2D eigenvalue weighted by atomic mass is 10.3. The Morgan fingerprint density at radius 2 is 1.94 bits per heavy atom. The first-order valence-corrected chi connectivity index (χ1v) is 5.78. The second-order valence-electron chi connectivity index (χ2n) is 3.83. The molecule has 0 radical (unpaired) electrons. The number of nitrogens with zero attached hydrogens (tertiary/aromatic N) is 2. The van der Waals surface area contributed by atoms with Crippen molar-refractivity contribution in [1.82, 2.24) is 15.3 Å². The molecule has 0 bridgehead atoms. The summed E-state index contributed by atoms with van der Waals surface area (Å²) < 4.78 is 9.99. The van der Waals surface area contributed by atoms with Gasteiger partial charge in [-0.2, -0.15) is 0 Å². The third kappa shape index (κ3) is 5.72. The maximum absolute atomic E-state index is 5.03. The lowest BCUT2D eigenvalue weighted by molar-refractivity contribution is 0.198. The molecule has 0 unspecified atom stereocenters. The quantitative estimate of drug-likeness (QED) is 0.677. The van der Waals surface area contributed by atoms with Crippen LogP contribution in [0.5, 0.6) is 0 Å². The lowest BCUT2D eigenvalue weighted by Crippen LogP contribution is -2.20. The van der Waals surface area contributed by atoms with Crippen LogP contribution in [0.4, 0.5) is 0 Å². The SMILES string of the molecule is COCCNCc1cc(C)nc(CCOC)n1. The molecule has 0 saturated carbocycles. The van der Waals surface area contributed by atoms with Crippen molar-refractivity contribution in [2.75, 3.05) is 34.0 Å². The molecule has 96 valence electrons. The topological polar surface area (TPSA) is 56.3 Å². The highest BCUT2D eigenvalue weighted by atomic mass is 16.5. The zero-order valence-electron chi connectivity index (χ0n) is 10.8. The Morgan fingerprint density at radius 3 is 2.65 bits per heavy atom. The van der Waals surface area contributed by atoms with E-state index >= 15 is 0 Å². The molecule has 1 heterocycles. The van der Waals surface area contributed by atoms with E-state index in [2.05, 4.69) is 15.3 Å². The number of aryl methyl sites for hydroxylation is 1. The first-order chi connectivity index (χ1) is 8.26. The Morgan fingerprint density at radius 1 is 1.18 bits per heavy atom. The van der Waals surface area contributed by atoms with Crippen molar-refractivity contribution in [2.24, 2.45) is 0 Å². The average Bonchev–Trinajstić information content (AvgIpc) is 2.31. The number of hydrogen-bond acceptors (Lipinski definition) is 5. The number of nitrogens with one attached hydrogen (secondary N) is 1. The van der Waals surface area contributed by atoms with E-state index in [1.165, 1.54) is 0 Å². The van der Waals surface area contributed by atoms with Gasteiger partial charge in [0.15, 0.2) is 0 Å². The molecule has 1 rings (SSSR count). The van der Waals surface area contributed by atoms with Gasteiger partial charge in [-0.05, 0) is 13.0 Å². The molecule has 17 heavy (non-hydrogen) atoms. The molecule has 0 aliphatic carbocycles. The number of hydrogen-bond donors (Lipinski definition) is 1. The Balaban J connectivity index is 2.50. The van der Waals surface area contributed by atoms with E-state index in [1.807, 2.05) is 13.0 Å². The van der Waals surface area contributed by atoms with Crippen LogP contribution in [-0.4, -0.2) is 43.9 Å². The molecular weight excluding hydrogens is 218 g/mol. The van der Waals surface area contributed by atoms with Gasteiger partial charge in [-0.25, -0.2) is 9.97 Å². The van der Waals surface area contributed by atoms with Crippen LogP contribution in [0.3, 0.4) is 0 Å². The standard InChI is InChI=1S/C12H21N3O2/c1-10-8-11(9-13-5-7-17-3)15-12(14-10)4-6-16-2/h8,13H,4-7,9H2,1-3H3. The minimum absolute atomic E-state index is 0.653. The van der Waals surface area contributed by atoms with E-state index in [1.54, 1.807) is 14.2 Å². The molecular formula is C12H21N3O2. The van der Waals surface area contributed by atoms with Crippen molar-refractivity contribution < 1.29 is 9.47 Å². The number of ether oxygens (including phenoxy) is 2. The molecule has 0 saturated heterocycles. The van der Waals surface area contributed by atoms with E-state index in [-0.39, 0.29) is 0 Å². The van der Waals surface area contributed by atoms with E-state index in [4.69, 9.17) is 9.47 Å². The number of methoxy groups -OCH3 is 2. The predicted octanol–water partition coefficient (Wildman–Crippen LogP) is 0.710. The summed E-state index contributed by atoms with van der Waals surface area (Å²) in [7, 11) is 3.38. The summed E-state index contributed by atoms with van der Waals surface area (Å²) in [6.07, 6.45) is 0.753. The third-order valence-corrected chi connectivity index (χ3v) is 2.27. The van der Waals surface area contributed by atoms with Crippen LogP contribution in [-0.2, 0) is 22.4 Å². The van der Waals surface area contributed by atoms with Gasteiger partial charge >= 0.3 is 0 Å². The van der Waals surface area contributed by atoms with E-state index in [9.17, 15) is 0 Å². The molecule has 0 amide bonds. The van der Waals surface area contributed by atoms with Gasteiger partial charge in [0.05, 0.1) is 18.9 Å². The first kappa shape index (κ1) is 14.0. The Bertz CT molecular complexity index is 332. The van der Waals surface area contributed by atoms with Crippen LogP contribution in [0.2, 0.25) is 0 Å². The normalized spacial score (nSPS) is 10.8. The summed E-state index contributed by atoms with van der Waals surface area (Å²) in [5.74, 6) is 0.843. The summed E-state index contributed by atoms with van der Waals surface area (Å²) >= 11 is 0. The van der Waals surface area contributed by atoms with Crippen molar-refractivity contribution in [3.05, 3.63) is 23.3 Å². The van der Waals surface area contributed by atoms with Gasteiger partial charge in [0.2, 0.25) is 0 Å². The highest BCUT2D eigenvalue weighted by molar-refractivity contribution is 5.10. The van der Waals surface area contributed by atoms with Crippen molar-refractivity contribution >= 4 is 0 Å². The van der Waals surface area contributed by atoms with Crippen LogP contribution in [0.15, 0.2) is 6.07 Å². The maximum atomic E-state index is 5.03. The molecule has 1 N–H and O–H groups in total. The summed E-state index contributed by atoms with van der Waals surface area (Å²) in [5.41, 5.74) is 2.01. The third-order valence-electron chi connectivity index (χ3n) is 2.27. The summed E-state index contributed by atoms with van der Waals surface area (Å²) in [5, 5.41) is 3.27. The van der Waals surface area contributed by atoms with Gasteiger partial charge in [-0.15, -0.1) is 0 Å². The zero-order valence-corrected chi connectivity index (χ0v) is 10.8. The van der Waals surface area contributed by atoms with Gasteiger partial charge in [0.1, 0.15) is 5.82 Å². The maximum Gasteiger partial charge on any atom is 0.131 e. The van der Waals surface area contributed by atoms with Crippen LogP contribution in [0.1, 0.15) is 17.2 Å². The minimum atomic E-state index is 0.653. The molecule has 5 heteroatoms. The Labute approximate surface area is 103 Å². The van der Waals surface area contributed by atoms with Crippen LogP contribution < -0.4 is 5.32 Å². The van der Waals surface area contributed by atoms with Gasteiger partial charge in [-0.3, -0.25) is 0 Å². The van der Waals surface area contributed by atoms with E-state index in [0.29, 0.717) is 13.2 Å². The van der Waals surface area contributed by atoms with E-state index in [0.717, 1.165) is 36.7 Å². The largest absolute Gasteiger partial charge is 0.384 e. The van der Waals surface area contributed by atoms with Gasteiger partial charge in [0.25, 0.3) is 0 Å². The zero-order chi connectivity index (χ0) is 12.5. The molecule has 0 aliphatic rings. The fourth-order valence-electron chi connectivity index (χ4n) is 1.49. The molecule has 1 aromatic rings. The van der Waals surface area contributed by atoms with Gasteiger partial charge in [-0.1, -0.05) is 0 Å². The van der Waals surface area contributed by atoms with Gasteiger partial charge in [0, 0.05) is 39.4 Å². The Kier molecular flexibility index (Phi) is 6.69. The molecule has 0 atom stereocenters. The fraction of sp³-hybridized carbons (Fsp3) is 0.667. The highest BCUT2D eigenvalue weighted by Gasteiger charge is 2.02. The van der Waals surface area contributed by atoms with Gasteiger partial charge < -0.3 is 14.8 Å². The summed E-state index contributed by atoms with van der Waals surface area (Å²) in [4.78, 5) is 8.85. The molecule has 0 aromatic carbocycles. The van der Waals surface area contributed by atoms with E-state index < -0.39 is 0 Å². The van der Waals surface area contributed by atoms with Crippen LogP contribution in [0, 0.1) is 6.92 Å². The smallest absolute Gasteiger partial charge is 0.131 e. The Hall–Kier alpha value is -1.04. The molecule has 0 aliphatic heterocycles. The number of rotatable bonds is 8. The van der Waals surface area contributed by atoms with Crippen molar-refractivity contribution in [1.29, 1.82) is 0 Å². The molecule has 1 aromatic heterocycles. The molecule has 0 spiro atoms. The highest BCUT2D eigenvalue weighted by Crippen LogP contribution is 2.01. The predicted molar refractivity (Wildman–Crippen MR) is 65.9 cm³/mol. The number of aromatic nitrogens is 2. The fourth-order valence-corrected chi connectivity index (χ4v) is 1.49. The summed E-state index contributed by atoms with van der Waals surface area (Å²) in [6, 6.07) is 2.00. The monoisotopic (exact) mass is 239 g/mol. The average molecular weight is 239 g/mol. The van der Waals surface area contributed by atoms with Crippen molar-refractivity contribution in [3.63, 3.8) is 0 Å². The van der Waals surface area contributed by atoms with Crippen LogP contribution >= 0.6 is 0 Å². The molecule has 5 nitrogen and oxygen atoms in total. The van der Waals surface area contributed by atoms with Crippen molar-refractivity contribution in [2.45, 2.75) is 19.9 Å².